The summed E-state index contributed by atoms with van der Waals surface area (Å²) in [6, 6.07) is 2.40. The molecular weight excluding hydrogens is 298 g/mol. The molecule has 22 heavy (non-hydrogen) atoms. The van der Waals surface area contributed by atoms with Crippen molar-refractivity contribution < 1.29 is 9.90 Å². The SMILES string of the molecule is Cc1nn(C2CCCCC2)c2sc(C(=O)NC[C@H](C)O)cc12. The second kappa shape index (κ2) is 6.38. The molecule has 0 bridgehead atoms. The molecule has 6 heteroatoms. The standard InChI is InChI=1S/C16H23N3O2S/c1-10(20)9-17-15(21)14-8-13-11(2)18-19(16(13)22-14)12-6-4-3-5-7-12/h8,10,12,20H,3-7,9H2,1-2H3,(H,17,21)/t10-/m0/s1. The summed E-state index contributed by atoms with van der Waals surface area (Å²) < 4.78 is 2.14. The van der Waals surface area contributed by atoms with Gasteiger partial charge in [0.1, 0.15) is 4.83 Å². The van der Waals surface area contributed by atoms with Crippen LogP contribution in [0.5, 0.6) is 0 Å². The van der Waals surface area contributed by atoms with Crippen molar-refractivity contribution in [3.05, 3.63) is 16.6 Å². The zero-order valence-electron chi connectivity index (χ0n) is 13.1. The molecule has 2 N–H and O–H groups in total. The third kappa shape index (κ3) is 3.03. The first-order valence-corrected chi connectivity index (χ1v) is 8.83. The van der Waals surface area contributed by atoms with Crippen molar-refractivity contribution in [3.8, 4) is 0 Å². The normalized spacial score (nSPS) is 17.8. The van der Waals surface area contributed by atoms with E-state index >= 15 is 0 Å². The van der Waals surface area contributed by atoms with Crippen LogP contribution in [-0.2, 0) is 0 Å². The molecule has 2 aromatic heterocycles. The van der Waals surface area contributed by atoms with Gasteiger partial charge in [-0.2, -0.15) is 5.10 Å². The van der Waals surface area contributed by atoms with Gasteiger partial charge in [-0.15, -0.1) is 11.3 Å². The highest BCUT2D eigenvalue weighted by Crippen LogP contribution is 2.35. The topological polar surface area (TPSA) is 67.2 Å². The van der Waals surface area contributed by atoms with E-state index in [1.807, 2.05) is 13.0 Å². The molecule has 5 nitrogen and oxygen atoms in total. The van der Waals surface area contributed by atoms with Crippen molar-refractivity contribution in [1.29, 1.82) is 0 Å². The summed E-state index contributed by atoms with van der Waals surface area (Å²) in [4.78, 5) is 14.0. The average Bonchev–Trinajstić information content (AvgIpc) is 3.07. The number of rotatable bonds is 4. The minimum Gasteiger partial charge on any atom is -0.392 e. The molecular formula is C16H23N3O2S. The maximum absolute atomic E-state index is 12.2. The van der Waals surface area contributed by atoms with E-state index in [1.165, 1.54) is 43.4 Å². The van der Waals surface area contributed by atoms with E-state index in [4.69, 9.17) is 5.10 Å². The molecule has 120 valence electrons. The minimum absolute atomic E-state index is 0.114. The van der Waals surface area contributed by atoms with E-state index in [2.05, 4.69) is 10.00 Å². The number of aryl methyl sites for hydroxylation is 1. The lowest BCUT2D eigenvalue weighted by Gasteiger charge is -2.22. The van der Waals surface area contributed by atoms with Crippen LogP contribution in [0.15, 0.2) is 6.07 Å². The molecule has 0 aliphatic heterocycles. The van der Waals surface area contributed by atoms with E-state index in [9.17, 15) is 9.90 Å². The van der Waals surface area contributed by atoms with Crippen LogP contribution in [-0.4, -0.2) is 33.4 Å². The molecule has 1 saturated carbocycles. The van der Waals surface area contributed by atoms with Crippen LogP contribution in [0.1, 0.15) is 60.4 Å². The summed E-state index contributed by atoms with van der Waals surface area (Å²) in [5.41, 5.74) is 0.992. The number of aliphatic hydroxyl groups excluding tert-OH is 1. The van der Waals surface area contributed by atoms with Crippen LogP contribution in [0.3, 0.4) is 0 Å². The Morgan fingerprint density at radius 2 is 2.23 bits per heavy atom. The number of carbonyl (C=O) groups excluding carboxylic acids is 1. The maximum Gasteiger partial charge on any atom is 0.261 e. The number of thiophene rings is 1. The lowest BCUT2D eigenvalue weighted by Crippen LogP contribution is -2.29. The molecule has 0 unspecified atom stereocenters. The number of nitrogens with zero attached hydrogens (tertiary/aromatic N) is 2. The summed E-state index contributed by atoms with van der Waals surface area (Å²) in [7, 11) is 0. The van der Waals surface area contributed by atoms with Crippen LogP contribution in [0.25, 0.3) is 10.2 Å². The van der Waals surface area contributed by atoms with Crippen LogP contribution in [0, 0.1) is 6.92 Å². The molecule has 1 aliphatic rings. The minimum atomic E-state index is -0.530. The van der Waals surface area contributed by atoms with Crippen LogP contribution < -0.4 is 5.32 Å². The predicted octanol–water partition coefficient (Wildman–Crippen LogP) is 3.02. The summed E-state index contributed by atoms with van der Waals surface area (Å²) in [5, 5.41) is 17.8. The second-order valence-corrected chi connectivity index (χ2v) is 7.24. The van der Waals surface area contributed by atoms with Crippen molar-refractivity contribution in [2.75, 3.05) is 6.54 Å². The molecule has 2 heterocycles. The summed E-state index contributed by atoms with van der Waals surface area (Å²) in [5.74, 6) is -0.114. The highest BCUT2D eigenvalue weighted by atomic mass is 32.1. The highest BCUT2D eigenvalue weighted by molar-refractivity contribution is 7.20. The van der Waals surface area contributed by atoms with Crippen molar-refractivity contribution >= 4 is 27.5 Å². The number of fused-ring (bicyclic) bond motifs is 1. The zero-order valence-corrected chi connectivity index (χ0v) is 13.9. The first-order valence-electron chi connectivity index (χ1n) is 8.01. The van der Waals surface area contributed by atoms with Gasteiger partial charge in [-0.05, 0) is 32.8 Å². The smallest absolute Gasteiger partial charge is 0.261 e. The largest absolute Gasteiger partial charge is 0.392 e. The van der Waals surface area contributed by atoms with Gasteiger partial charge in [0, 0.05) is 11.9 Å². The third-order valence-electron chi connectivity index (χ3n) is 4.27. The van der Waals surface area contributed by atoms with E-state index in [1.54, 1.807) is 6.92 Å². The van der Waals surface area contributed by atoms with E-state index in [0.29, 0.717) is 10.9 Å². The van der Waals surface area contributed by atoms with Crippen LogP contribution >= 0.6 is 11.3 Å². The van der Waals surface area contributed by atoms with Crippen LogP contribution in [0.2, 0.25) is 0 Å². The first-order chi connectivity index (χ1) is 10.6. The fourth-order valence-electron chi connectivity index (χ4n) is 3.08. The Kier molecular flexibility index (Phi) is 4.49. The Balaban J connectivity index is 1.87. The van der Waals surface area contributed by atoms with Gasteiger partial charge in [0.15, 0.2) is 0 Å². The number of carbonyl (C=O) groups is 1. The fraction of sp³-hybridized carbons (Fsp3) is 0.625. The monoisotopic (exact) mass is 321 g/mol. The summed E-state index contributed by atoms with van der Waals surface area (Å²) in [6.45, 7) is 3.95. The Bertz CT molecular complexity index is 668. The van der Waals surface area contributed by atoms with Gasteiger partial charge in [-0.3, -0.25) is 9.48 Å². The van der Waals surface area contributed by atoms with E-state index in [0.717, 1.165) is 15.9 Å². The Hall–Kier alpha value is -1.40. The molecule has 0 radical (unpaired) electrons. The van der Waals surface area contributed by atoms with Crippen LogP contribution in [0.4, 0.5) is 0 Å². The quantitative estimate of drug-likeness (QED) is 0.909. The van der Waals surface area contributed by atoms with Gasteiger partial charge in [0.25, 0.3) is 5.91 Å². The van der Waals surface area contributed by atoms with E-state index in [-0.39, 0.29) is 12.5 Å². The number of amides is 1. The van der Waals surface area contributed by atoms with Gasteiger partial charge < -0.3 is 10.4 Å². The Morgan fingerprint density at radius 3 is 2.91 bits per heavy atom. The van der Waals surface area contributed by atoms with E-state index < -0.39 is 6.10 Å². The Morgan fingerprint density at radius 1 is 1.50 bits per heavy atom. The molecule has 0 aromatic carbocycles. The first kappa shape index (κ1) is 15.5. The number of hydrogen-bond donors (Lipinski definition) is 2. The lowest BCUT2D eigenvalue weighted by molar-refractivity contribution is 0.0928. The predicted molar refractivity (Wildman–Crippen MR) is 88.5 cm³/mol. The molecule has 2 aromatic rings. The van der Waals surface area contributed by atoms with Crippen molar-refractivity contribution in [1.82, 2.24) is 15.1 Å². The summed E-state index contributed by atoms with van der Waals surface area (Å²) >= 11 is 1.50. The molecule has 0 saturated heterocycles. The third-order valence-corrected chi connectivity index (χ3v) is 5.39. The Labute approximate surface area is 134 Å². The molecule has 1 fully saturated rings. The van der Waals surface area contributed by atoms with Crippen molar-refractivity contribution in [2.45, 2.75) is 58.1 Å². The molecule has 1 aliphatic carbocycles. The van der Waals surface area contributed by atoms with Crippen molar-refractivity contribution in [2.24, 2.45) is 0 Å². The number of hydrogen-bond acceptors (Lipinski definition) is 4. The maximum atomic E-state index is 12.2. The van der Waals surface area contributed by atoms with Gasteiger partial charge in [-0.1, -0.05) is 19.3 Å². The molecule has 0 spiro atoms. The number of aromatic nitrogens is 2. The van der Waals surface area contributed by atoms with Gasteiger partial charge in [0.2, 0.25) is 0 Å². The average molecular weight is 321 g/mol. The van der Waals surface area contributed by atoms with Crippen molar-refractivity contribution in [3.63, 3.8) is 0 Å². The summed E-state index contributed by atoms with van der Waals surface area (Å²) in [6.07, 6.45) is 5.67. The fourth-order valence-corrected chi connectivity index (χ4v) is 4.23. The lowest BCUT2D eigenvalue weighted by atomic mass is 9.96. The molecule has 1 amide bonds. The molecule has 1 atom stereocenters. The van der Waals surface area contributed by atoms with Gasteiger partial charge >= 0.3 is 0 Å². The molecule has 3 rings (SSSR count). The van der Waals surface area contributed by atoms with Gasteiger partial charge in [0.05, 0.1) is 22.7 Å². The second-order valence-electron chi connectivity index (χ2n) is 6.21. The van der Waals surface area contributed by atoms with Gasteiger partial charge in [-0.25, -0.2) is 0 Å². The number of aliphatic hydroxyl groups is 1. The number of nitrogens with one attached hydrogen (secondary N) is 1. The zero-order chi connectivity index (χ0) is 15.7. The highest BCUT2D eigenvalue weighted by Gasteiger charge is 2.22.